The van der Waals surface area contributed by atoms with Gasteiger partial charge in [0.15, 0.2) is 0 Å². The molecule has 1 amide bonds. The number of hydrogen-bond acceptors (Lipinski definition) is 3. The van der Waals surface area contributed by atoms with Gasteiger partial charge in [-0.15, -0.1) is 0 Å². The lowest BCUT2D eigenvalue weighted by atomic mass is 10.00. The summed E-state index contributed by atoms with van der Waals surface area (Å²) in [5.74, 6) is 0.228. The second-order valence-electron chi connectivity index (χ2n) is 5.74. The average Bonchev–Trinajstić information content (AvgIpc) is 2.28. The second kappa shape index (κ2) is 5.83. The Bertz CT molecular complexity index is 265. The van der Waals surface area contributed by atoms with Gasteiger partial charge in [0.25, 0.3) is 0 Å². The predicted molar refractivity (Wildman–Crippen MR) is 71.0 cm³/mol. The van der Waals surface area contributed by atoms with Gasteiger partial charge in [-0.25, -0.2) is 0 Å². The fraction of sp³-hybridized carbons (Fsp3) is 0.923. The predicted octanol–water partition coefficient (Wildman–Crippen LogP) is 0.927. The second-order valence-corrected chi connectivity index (χ2v) is 5.74. The number of amides is 1. The summed E-state index contributed by atoms with van der Waals surface area (Å²) in [6.07, 6.45) is 1.06. The minimum Gasteiger partial charge on any atom is -0.338 e. The van der Waals surface area contributed by atoms with Crippen LogP contribution in [0.25, 0.3) is 0 Å². The van der Waals surface area contributed by atoms with Crippen LogP contribution in [0.1, 0.15) is 34.1 Å². The molecule has 1 heterocycles. The largest absolute Gasteiger partial charge is 0.338 e. The molecular formula is C13H27N3O. The molecule has 1 rings (SSSR count). The average molecular weight is 241 g/mol. The first-order chi connectivity index (χ1) is 7.86. The summed E-state index contributed by atoms with van der Waals surface area (Å²) in [5.41, 5.74) is 0.0876. The first kappa shape index (κ1) is 14.5. The Morgan fingerprint density at radius 1 is 1.41 bits per heavy atom. The Hall–Kier alpha value is -0.610. The van der Waals surface area contributed by atoms with Crippen molar-refractivity contribution in [1.82, 2.24) is 15.1 Å². The quantitative estimate of drug-likeness (QED) is 0.795. The number of rotatable bonds is 4. The van der Waals surface area contributed by atoms with Crippen LogP contribution in [0.5, 0.6) is 0 Å². The zero-order valence-corrected chi connectivity index (χ0v) is 11.9. The van der Waals surface area contributed by atoms with E-state index in [-0.39, 0.29) is 11.4 Å². The molecule has 17 heavy (non-hydrogen) atoms. The molecule has 4 nitrogen and oxygen atoms in total. The van der Waals surface area contributed by atoms with Crippen molar-refractivity contribution in [3.63, 3.8) is 0 Å². The maximum atomic E-state index is 12.1. The fourth-order valence-corrected chi connectivity index (χ4v) is 1.97. The molecule has 4 heteroatoms. The molecule has 1 N–H and O–H groups in total. The monoisotopic (exact) mass is 241 g/mol. The van der Waals surface area contributed by atoms with E-state index < -0.39 is 0 Å². The summed E-state index contributed by atoms with van der Waals surface area (Å²) in [6.45, 7) is 11.7. The van der Waals surface area contributed by atoms with E-state index in [2.05, 4.69) is 45.0 Å². The highest BCUT2D eigenvalue weighted by Crippen LogP contribution is 2.18. The smallest absolute Gasteiger partial charge is 0.236 e. The number of likely N-dealkylation sites (N-methyl/N-ethyl adjacent to an activating group) is 1. The van der Waals surface area contributed by atoms with Crippen LogP contribution in [-0.4, -0.2) is 60.5 Å². The summed E-state index contributed by atoms with van der Waals surface area (Å²) < 4.78 is 0. The van der Waals surface area contributed by atoms with E-state index in [1.807, 2.05) is 4.90 Å². The first-order valence-corrected chi connectivity index (χ1v) is 6.59. The molecule has 1 fully saturated rings. The van der Waals surface area contributed by atoms with Gasteiger partial charge in [-0.2, -0.15) is 0 Å². The maximum absolute atomic E-state index is 12.1. The molecule has 1 aliphatic rings. The van der Waals surface area contributed by atoms with Crippen molar-refractivity contribution >= 4 is 5.91 Å². The van der Waals surface area contributed by atoms with E-state index in [1.165, 1.54) is 0 Å². The highest BCUT2D eigenvalue weighted by molar-refractivity contribution is 5.78. The number of carbonyl (C=O) groups excluding carboxylic acids is 1. The zero-order valence-electron chi connectivity index (χ0n) is 11.9. The summed E-state index contributed by atoms with van der Waals surface area (Å²) in [7, 11) is 2.12. The van der Waals surface area contributed by atoms with E-state index in [0.29, 0.717) is 12.6 Å². The number of hydrogen-bond donors (Lipinski definition) is 1. The third-order valence-corrected chi connectivity index (χ3v) is 3.88. The van der Waals surface area contributed by atoms with Gasteiger partial charge in [-0.05, 0) is 34.2 Å². The van der Waals surface area contributed by atoms with E-state index in [0.717, 1.165) is 26.1 Å². The molecule has 0 aromatic carbocycles. The van der Waals surface area contributed by atoms with Gasteiger partial charge < -0.3 is 10.2 Å². The van der Waals surface area contributed by atoms with Gasteiger partial charge in [-0.3, -0.25) is 9.69 Å². The minimum atomic E-state index is 0.0876. The zero-order chi connectivity index (χ0) is 13.1. The van der Waals surface area contributed by atoms with E-state index in [1.54, 1.807) is 0 Å². The lowest BCUT2D eigenvalue weighted by Gasteiger charge is -2.45. The van der Waals surface area contributed by atoms with Crippen molar-refractivity contribution in [2.45, 2.75) is 45.7 Å². The Labute approximate surface area is 105 Å². The topological polar surface area (TPSA) is 35.6 Å². The van der Waals surface area contributed by atoms with Gasteiger partial charge in [0.05, 0.1) is 6.54 Å². The van der Waals surface area contributed by atoms with Gasteiger partial charge >= 0.3 is 0 Å². The van der Waals surface area contributed by atoms with Crippen LogP contribution in [0.3, 0.4) is 0 Å². The Balaban J connectivity index is 2.43. The maximum Gasteiger partial charge on any atom is 0.236 e. The molecule has 1 aliphatic heterocycles. The molecular weight excluding hydrogens is 214 g/mol. The lowest BCUT2D eigenvalue weighted by Crippen LogP contribution is -2.60. The molecule has 1 unspecified atom stereocenters. The molecule has 0 aromatic rings. The fourth-order valence-electron chi connectivity index (χ4n) is 1.97. The third-order valence-electron chi connectivity index (χ3n) is 3.88. The van der Waals surface area contributed by atoms with E-state index in [9.17, 15) is 4.79 Å². The molecule has 1 atom stereocenters. The highest BCUT2D eigenvalue weighted by Gasteiger charge is 2.32. The first-order valence-electron chi connectivity index (χ1n) is 6.59. The molecule has 0 saturated carbocycles. The molecule has 0 aliphatic carbocycles. The Morgan fingerprint density at radius 2 is 2.06 bits per heavy atom. The number of nitrogens with one attached hydrogen (secondary N) is 1. The van der Waals surface area contributed by atoms with Crippen molar-refractivity contribution in [1.29, 1.82) is 0 Å². The number of piperazine rings is 1. The van der Waals surface area contributed by atoms with Crippen LogP contribution in [0.4, 0.5) is 0 Å². The van der Waals surface area contributed by atoms with Gasteiger partial charge in [0, 0.05) is 31.2 Å². The summed E-state index contributed by atoms with van der Waals surface area (Å²) in [6, 6.07) is 0.416. The standard InChI is InChI=1S/C13H27N3O/c1-6-11(2)14-9-12(17)16-8-7-15(5)13(3,4)10-16/h11,14H,6-10H2,1-5H3. The van der Waals surface area contributed by atoms with Crippen LogP contribution in [-0.2, 0) is 4.79 Å². The summed E-state index contributed by atoms with van der Waals surface area (Å²) in [4.78, 5) is 16.4. The molecule has 0 bridgehead atoms. The molecule has 100 valence electrons. The summed E-state index contributed by atoms with van der Waals surface area (Å²) in [5, 5.41) is 3.26. The van der Waals surface area contributed by atoms with Crippen LogP contribution in [0.15, 0.2) is 0 Å². The molecule has 0 spiro atoms. The minimum absolute atomic E-state index is 0.0876. The SMILES string of the molecule is CCC(C)NCC(=O)N1CCN(C)C(C)(C)C1. The van der Waals surface area contributed by atoms with Crippen LogP contribution in [0, 0.1) is 0 Å². The molecule has 0 aromatic heterocycles. The summed E-state index contributed by atoms with van der Waals surface area (Å²) >= 11 is 0. The normalized spacial score (nSPS) is 22.5. The van der Waals surface area contributed by atoms with Gasteiger partial charge in [-0.1, -0.05) is 6.92 Å². The van der Waals surface area contributed by atoms with Crippen molar-refractivity contribution in [2.75, 3.05) is 33.2 Å². The number of carbonyl (C=O) groups is 1. The van der Waals surface area contributed by atoms with Crippen LogP contribution in [0.2, 0.25) is 0 Å². The number of nitrogens with zero attached hydrogens (tertiary/aromatic N) is 2. The molecule has 1 saturated heterocycles. The Kier molecular flexibility index (Phi) is 4.95. The van der Waals surface area contributed by atoms with E-state index >= 15 is 0 Å². The van der Waals surface area contributed by atoms with Gasteiger partial charge in [0.2, 0.25) is 5.91 Å². The van der Waals surface area contributed by atoms with Gasteiger partial charge in [0.1, 0.15) is 0 Å². The highest BCUT2D eigenvalue weighted by atomic mass is 16.2. The molecule has 0 radical (unpaired) electrons. The van der Waals surface area contributed by atoms with Crippen LogP contribution < -0.4 is 5.32 Å². The third kappa shape index (κ3) is 3.96. The Morgan fingerprint density at radius 3 is 2.59 bits per heavy atom. The van der Waals surface area contributed by atoms with Crippen molar-refractivity contribution < 1.29 is 4.79 Å². The van der Waals surface area contributed by atoms with E-state index in [4.69, 9.17) is 0 Å². The van der Waals surface area contributed by atoms with Crippen LogP contribution >= 0.6 is 0 Å². The van der Waals surface area contributed by atoms with Crippen molar-refractivity contribution in [3.8, 4) is 0 Å². The van der Waals surface area contributed by atoms with Crippen molar-refractivity contribution in [3.05, 3.63) is 0 Å². The van der Waals surface area contributed by atoms with Crippen molar-refractivity contribution in [2.24, 2.45) is 0 Å². The lowest BCUT2D eigenvalue weighted by molar-refractivity contribution is -0.134.